The molecule has 1 aliphatic rings. The third-order valence-corrected chi connectivity index (χ3v) is 3.59. The lowest BCUT2D eigenvalue weighted by Gasteiger charge is -2.17. The Labute approximate surface area is 105 Å². The first-order valence-corrected chi connectivity index (χ1v) is 5.99. The summed E-state index contributed by atoms with van der Waals surface area (Å²) >= 11 is 0. The summed E-state index contributed by atoms with van der Waals surface area (Å²) in [6, 6.07) is 4.04. The molecule has 18 heavy (non-hydrogen) atoms. The minimum Gasteiger partial charge on any atom is -0.388 e. The molecule has 1 aromatic carbocycles. The number of imidazole rings is 1. The van der Waals surface area contributed by atoms with Crippen molar-refractivity contribution >= 4 is 11.0 Å². The number of aromatic nitrogens is 2. The predicted octanol–water partition coefficient (Wildman–Crippen LogP) is 0.904. The zero-order valence-electron chi connectivity index (χ0n) is 10.4. The number of aliphatic hydroxyl groups excluding tert-OH is 2. The molecule has 0 amide bonds. The Morgan fingerprint density at radius 2 is 2.00 bits per heavy atom. The molecule has 5 heteroatoms. The fraction of sp³-hybridized carbons (Fsp3) is 0.462. The van der Waals surface area contributed by atoms with Crippen molar-refractivity contribution in [1.29, 1.82) is 0 Å². The van der Waals surface area contributed by atoms with Gasteiger partial charge in [-0.25, -0.2) is 4.98 Å². The van der Waals surface area contributed by atoms with Crippen LogP contribution in [0.15, 0.2) is 18.5 Å². The molecule has 5 nitrogen and oxygen atoms in total. The van der Waals surface area contributed by atoms with Crippen LogP contribution in [-0.2, 0) is 4.74 Å². The Bertz CT molecular complexity index is 593. The van der Waals surface area contributed by atoms with E-state index in [1.165, 1.54) is 5.56 Å². The van der Waals surface area contributed by atoms with Crippen molar-refractivity contribution < 1.29 is 14.9 Å². The van der Waals surface area contributed by atoms with Gasteiger partial charge < -0.3 is 19.5 Å². The Hall–Kier alpha value is -1.43. The molecule has 1 aromatic heterocycles. The number of aliphatic hydroxyl groups is 2. The fourth-order valence-electron chi connectivity index (χ4n) is 2.31. The van der Waals surface area contributed by atoms with Gasteiger partial charge in [0.2, 0.25) is 0 Å². The van der Waals surface area contributed by atoms with Gasteiger partial charge in [-0.05, 0) is 37.1 Å². The molecule has 0 saturated carbocycles. The third-order valence-electron chi connectivity index (χ3n) is 3.59. The maximum Gasteiger partial charge on any atom is 0.164 e. The zero-order valence-corrected chi connectivity index (χ0v) is 10.4. The zero-order chi connectivity index (χ0) is 12.9. The van der Waals surface area contributed by atoms with Gasteiger partial charge in [-0.3, -0.25) is 0 Å². The van der Waals surface area contributed by atoms with Crippen LogP contribution in [0.4, 0.5) is 0 Å². The second kappa shape index (κ2) is 4.05. The van der Waals surface area contributed by atoms with Crippen LogP contribution in [0.1, 0.15) is 17.4 Å². The van der Waals surface area contributed by atoms with Gasteiger partial charge in [0.1, 0.15) is 12.2 Å². The van der Waals surface area contributed by atoms with E-state index in [4.69, 9.17) is 4.74 Å². The Morgan fingerprint density at radius 3 is 2.67 bits per heavy atom. The number of hydrogen-bond donors (Lipinski definition) is 2. The molecule has 2 heterocycles. The molecule has 0 radical (unpaired) electrons. The molecule has 0 spiro atoms. The Kier molecular flexibility index (Phi) is 2.62. The van der Waals surface area contributed by atoms with Gasteiger partial charge >= 0.3 is 0 Å². The molecular weight excluding hydrogens is 232 g/mol. The Morgan fingerprint density at radius 1 is 1.28 bits per heavy atom. The summed E-state index contributed by atoms with van der Waals surface area (Å²) in [6.07, 6.45) is -0.662. The number of nitrogens with zero attached hydrogens (tertiary/aromatic N) is 2. The number of aryl methyl sites for hydroxylation is 2. The number of ether oxygens (including phenoxy) is 1. The second-order valence-electron chi connectivity index (χ2n) is 4.86. The van der Waals surface area contributed by atoms with E-state index in [2.05, 4.69) is 4.98 Å². The van der Waals surface area contributed by atoms with E-state index in [1.54, 1.807) is 10.9 Å². The smallest absolute Gasteiger partial charge is 0.164 e. The number of hydrogen-bond acceptors (Lipinski definition) is 4. The number of fused-ring (bicyclic) bond motifs is 1. The van der Waals surface area contributed by atoms with Crippen molar-refractivity contribution in [1.82, 2.24) is 9.55 Å². The van der Waals surface area contributed by atoms with Crippen LogP contribution in [-0.4, -0.2) is 38.6 Å². The molecule has 0 aliphatic carbocycles. The summed E-state index contributed by atoms with van der Waals surface area (Å²) in [7, 11) is 0. The highest BCUT2D eigenvalue weighted by Gasteiger charge is 2.36. The van der Waals surface area contributed by atoms with Gasteiger partial charge in [-0.2, -0.15) is 0 Å². The molecule has 1 unspecified atom stereocenters. The van der Waals surface area contributed by atoms with Crippen LogP contribution in [0, 0.1) is 13.8 Å². The molecule has 2 N–H and O–H groups in total. The van der Waals surface area contributed by atoms with Gasteiger partial charge in [0.05, 0.1) is 24.0 Å². The molecule has 3 rings (SSSR count). The molecule has 96 valence electrons. The van der Waals surface area contributed by atoms with E-state index in [-0.39, 0.29) is 6.61 Å². The van der Waals surface area contributed by atoms with Gasteiger partial charge in [0.15, 0.2) is 6.23 Å². The van der Waals surface area contributed by atoms with Crippen molar-refractivity contribution in [3.8, 4) is 0 Å². The predicted molar refractivity (Wildman–Crippen MR) is 66.2 cm³/mol. The highest BCUT2D eigenvalue weighted by Crippen LogP contribution is 2.28. The highest BCUT2D eigenvalue weighted by molar-refractivity contribution is 5.77. The normalized spacial score (nSPS) is 28.1. The first-order chi connectivity index (χ1) is 8.58. The van der Waals surface area contributed by atoms with Crippen LogP contribution in [0.5, 0.6) is 0 Å². The average molecular weight is 248 g/mol. The quantitative estimate of drug-likeness (QED) is 0.787. The minimum absolute atomic E-state index is 0.149. The monoisotopic (exact) mass is 248 g/mol. The molecule has 2 aromatic rings. The molecule has 3 atom stereocenters. The standard InChI is InChI=1S/C13H16N2O3/c1-7-3-9-10(4-8(7)2)15(6-14-9)13-12(17)11(16)5-18-13/h3-4,6,11-13,16-17H,5H2,1-2H3/t11-,12-,13?/m1/s1. The van der Waals surface area contributed by atoms with Crippen molar-refractivity contribution in [2.75, 3.05) is 6.61 Å². The van der Waals surface area contributed by atoms with Gasteiger partial charge in [-0.1, -0.05) is 0 Å². The number of benzene rings is 1. The minimum atomic E-state index is -0.913. The molecule has 0 bridgehead atoms. The molecular formula is C13H16N2O3. The van der Waals surface area contributed by atoms with Crippen molar-refractivity contribution in [2.45, 2.75) is 32.3 Å². The van der Waals surface area contributed by atoms with Crippen LogP contribution in [0.3, 0.4) is 0 Å². The van der Waals surface area contributed by atoms with Crippen LogP contribution >= 0.6 is 0 Å². The van der Waals surface area contributed by atoms with Crippen molar-refractivity contribution in [3.63, 3.8) is 0 Å². The maximum atomic E-state index is 9.89. The van der Waals surface area contributed by atoms with Crippen molar-refractivity contribution in [2.24, 2.45) is 0 Å². The van der Waals surface area contributed by atoms with Crippen LogP contribution < -0.4 is 0 Å². The highest BCUT2D eigenvalue weighted by atomic mass is 16.5. The second-order valence-corrected chi connectivity index (χ2v) is 4.86. The first kappa shape index (κ1) is 11.6. The van der Waals surface area contributed by atoms with Gasteiger partial charge in [0, 0.05) is 0 Å². The maximum absolute atomic E-state index is 9.89. The molecule has 1 fully saturated rings. The van der Waals surface area contributed by atoms with E-state index >= 15 is 0 Å². The molecule has 1 aliphatic heterocycles. The SMILES string of the molecule is Cc1cc2ncn(C3OC[C@@H](O)[C@H]3O)c2cc1C. The fourth-order valence-corrected chi connectivity index (χ4v) is 2.31. The first-order valence-electron chi connectivity index (χ1n) is 5.99. The lowest BCUT2D eigenvalue weighted by Crippen LogP contribution is -2.27. The van der Waals surface area contributed by atoms with E-state index in [9.17, 15) is 10.2 Å². The van der Waals surface area contributed by atoms with E-state index in [0.29, 0.717) is 0 Å². The number of rotatable bonds is 1. The third kappa shape index (κ3) is 1.63. The summed E-state index contributed by atoms with van der Waals surface area (Å²) in [5.74, 6) is 0. The lowest BCUT2D eigenvalue weighted by atomic mass is 10.1. The van der Waals surface area contributed by atoms with Crippen LogP contribution in [0.25, 0.3) is 11.0 Å². The summed E-state index contributed by atoms with van der Waals surface area (Å²) in [5.41, 5.74) is 4.13. The topological polar surface area (TPSA) is 67.5 Å². The average Bonchev–Trinajstić information content (AvgIpc) is 2.86. The van der Waals surface area contributed by atoms with Crippen LogP contribution in [0.2, 0.25) is 0 Å². The lowest BCUT2D eigenvalue weighted by molar-refractivity contribution is -0.0160. The summed E-state index contributed by atoms with van der Waals surface area (Å²) < 4.78 is 7.20. The Balaban J connectivity index is 2.10. The summed E-state index contributed by atoms with van der Waals surface area (Å²) in [5, 5.41) is 19.4. The van der Waals surface area contributed by atoms with E-state index < -0.39 is 18.4 Å². The largest absolute Gasteiger partial charge is 0.388 e. The van der Waals surface area contributed by atoms with Gasteiger partial charge in [-0.15, -0.1) is 0 Å². The summed E-state index contributed by atoms with van der Waals surface area (Å²) in [6.45, 7) is 4.22. The molecule has 1 saturated heterocycles. The van der Waals surface area contributed by atoms with Crippen molar-refractivity contribution in [3.05, 3.63) is 29.6 Å². The van der Waals surface area contributed by atoms with Gasteiger partial charge in [0.25, 0.3) is 0 Å². The summed E-state index contributed by atoms with van der Waals surface area (Å²) in [4.78, 5) is 4.31. The van der Waals surface area contributed by atoms with E-state index in [0.717, 1.165) is 16.6 Å². The van der Waals surface area contributed by atoms with E-state index in [1.807, 2.05) is 26.0 Å².